The first kappa shape index (κ1) is 15.4. The Hall–Kier alpha value is -0.610. The Morgan fingerprint density at radius 2 is 1.83 bits per heavy atom. The molecule has 4 nitrogen and oxygen atoms in total. The van der Waals surface area contributed by atoms with Gasteiger partial charge in [0.15, 0.2) is 0 Å². The second-order valence-corrected chi connectivity index (χ2v) is 6.50. The SMILES string of the molecule is CN(C)C1(CNC(=O)COC(C)(C)C)CCCC1. The van der Waals surface area contributed by atoms with Crippen molar-refractivity contribution < 1.29 is 9.53 Å². The summed E-state index contributed by atoms with van der Waals surface area (Å²) in [7, 11) is 4.20. The largest absolute Gasteiger partial charge is 0.366 e. The summed E-state index contributed by atoms with van der Waals surface area (Å²) in [5.41, 5.74) is -0.110. The van der Waals surface area contributed by atoms with E-state index in [4.69, 9.17) is 4.74 Å². The maximum atomic E-state index is 11.8. The van der Waals surface area contributed by atoms with E-state index in [1.165, 1.54) is 25.7 Å². The fourth-order valence-electron chi connectivity index (χ4n) is 2.41. The van der Waals surface area contributed by atoms with Gasteiger partial charge in [0.05, 0.1) is 5.60 Å². The predicted octanol–water partition coefficient (Wildman–Crippen LogP) is 1.79. The van der Waals surface area contributed by atoms with Crippen LogP contribution in [0.15, 0.2) is 0 Å². The fourth-order valence-corrected chi connectivity index (χ4v) is 2.41. The van der Waals surface area contributed by atoms with Crippen LogP contribution in [0.1, 0.15) is 46.5 Å². The summed E-state index contributed by atoms with van der Waals surface area (Å²) in [6, 6.07) is 0. The van der Waals surface area contributed by atoms with Crippen LogP contribution in [0, 0.1) is 0 Å². The molecule has 0 aromatic rings. The van der Waals surface area contributed by atoms with Crippen molar-refractivity contribution in [1.82, 2.24) is 10.2 Å². The number of nitrogens with zero attached hydrogens (tertiary/aromatic N) is 1. The van der Waals surface area contributed by atoms with E-state index in [1.54, 1.807) is 0 Å². The zero-order chi connectivity index (χ0) is 13.8. The summed E-state index contributed by atoms with van der Waals surface area (Å²) < 4.78 is 5.47. The third kappa shape index (κ3) is 4.58. The average Bonchev–Trinajstić information content (AvgIpc) is 2.72. The quantitative estimate of drug-likeness (QED) is 0.815. The Morgan fingerprint density at radius 3 is 2.28 bits per heavy atom. The molecule has 18 heavy (non-hydrogen) atoms. The van der Waals surface area contributed by atoms with E-state index in [9.17, 15) is 4.79 Å². The fraction of sp³-hybridized carbons (Fsp3) is 0.929. The number of amides is 1. The highest BCUT2D eigenvalue weighted by molar-refractivity contribution is 5.77. The third-order valence-electron chi connectivity index (χ3n) is 3.73. The van der Waals surface area contributed by atoms with Crippen molar-refractivity contribution >= 4 is 5.91 Å². The number of carbonyl (C=O) groups is 1. The third-order valence-corrected chi connectivity index (χ3v) is 3.73. The van der Waals surface area contributed by atoms with Crippen LogP contribution in [-0.2, 0) is 9.53 Å². The molecule has 1 fully saturated rings. The molecular formula is C14H28N2O2. The van der Waals surface area contributed by atoms with Gasteiger partial charge in [-0.15, -0.1) is 0 Å². The van der Waals surface area contributed by atoms with Gasteiger partial charge in [0, 0.05) is 12.1 Å². The van der Waals surface area contributed by atoms with E-state index in [0.717, 1.165) is 6.54 Å². The minimum absolute atomic E-state index is 0.0157. The predicted molar refractivity (Wildman–Crippen MR) is 73.6 cm³/mol. The first-order valence-electron chi connectivity index (χ1n) is 6.83. The molecule has 106 valence electrons. The molecule has 1 aliphatic carbocycles. The van der Waals surface area contributed by atoms with E-state index in [0.29, 0.717) is 0 Å². The van der Waals surface area contributed by atoms with Gasteiger partial charge in [0.25, 0.3) is 0 Å². The molecule has 0 heterocycles. The number of hydrogen-bond donors (Lipinski definition) is 1. The minimum Gasteiger partial charge on any atom is -0.366 e. The van der Waals surface area contributed by atoms with Crippen molar-refractivity contribution in [2.24, 2.45) is 0 Å². The molecule has 4 heteroatoms. The standard InChI is InChI=1S/C14H28N2O2/c1-13(2,3)18-10-12(17)15-11-14(16(4)5)8-6-7-9-14/h6-11H2,1-5H3,(H,15,17). The summed E-state index contributed by atoms with van der Waals surface area (Å²) in [6.45, 7) is 6.75. The van der Waals surface area contributed by atoms with Crippen LogP contribution in [0.25, 0.3) is 0 Å². The van der Waals surface area contributed by atoms with Gasteiger partial charge in [-0.3, -0.25) is 4.79 Å². The van der Waals surface area contributed by atoms with Crippen molar-refractivity contribution in [3.8, 4) is 0 Å². The van der Waals surface area contributed by atoms with Gasteiger partial charge in [0.2, 0.25) is 5.91 Å². The number of nitrogens with one attached hydrogen (secondary N) is 1. The summed E-state index contributed by atoms with van der Waals surface area (Å²) >= 11 is 0. The first-order chi connectivity index (χ1) is 8.25. The van der Waals surface area contributed by atoms with E-state index >= 15 is 0 Å². The molecule has 1 N–H and O–H groups in total. The highest BCUT2D eigenvalue weighted by atomic mass is 16.5. The highest BCUT2D eigenvalue weighted by Gasteiger charge is 2.36. The molecule has 0 atom stereocenters. The van der Waals surface area contributed by atoms with E-state index < -0.39 is 0 Å². The smallest absolute Gasteiger partial charge is 0.246 e. The zero-order valence-corrected chi connectivity index (χ0v) is 12.5. The summed E-state index contributed by atoms with van der Waals surface area (Å²) in [5, 5.41) is 3.01. The lowest BCUT2D eigenvalue weighted by Gasteiger charge is -2.36. The van der Waals surface area contributed by atoms with Crippen LogP contribution in [0.4, 0.5) is 0 Å². The molecule has 1 amide bonds. The van der Waals surface area contributed by atoms with Crippen molar-refractivity contribution in [3.63, 3.8) is 0 Å². The maximum Gasteiger partial charge on any atom is 0.246 e. The first-order valence-corrected chi connectivity index (χ1v) is 6.83. The Labute approximate surface area is 111 Å². The van der Waals surface area contributed by atoms with E-state index in [1.807, 2.05) is 20.8 Å². The lowest BCUT2D eigenvalue weighted by atomic mass is 9.96. The number of hydrogen-bond acceptors (Lipinski definition) is 3. The number of likely N-dealkylation sites (N-methyl/N-ethyl adjacent to an activating group) is 1. The molecule has 0 aliphatic heterocycles. The second kappa shape index (κ2) is 6.02. The second-order valence-electron chi connectivity index (χ2n) is 6.50. The number of carbonyl (C=O) groups excluding carboxylic acids is 1. The molecule has 0 spiro atoms. The summed E-state index contributed by atoms with van der Waals surface area (Å²) in [5.74, 6) is -0.0157. The molecule has 1 rings (SSSR count). The molecule has 0 aromatic carbocycles. The highest BCUT2D eigenvalue weighted by Crippen LogP contribution is 2.32. The van der Waals surface area contributed by atoms with Gasteiger partial charge in [-0.05, 0) is 47.7 Å². The maximum absolute atomic E-state index is 11.8. The number of rotatable bonds is 5. The minimum atomic E-state index is -0.260. The van der Waals surface area contributed by atoms with Crippen molar-refractivity contribution in [1.29, 1.82) is 0 Å². The normalized spacial score (nSPS) is 19.2. The molecule has 0 unspecified atom stereocenters. The Morgan fingerprint density at radius 1 is 1.28 bits per heavy atom. The molecule has 1 aliphatic rings. The summed E-state index contributed by atoms with van der Waals surface area (Å²) in [4.78, 5) is 14.0. The Bertz CT molecular complexity index is 276. The van der Waals surface area contributed by atoms with Gasteiger partial charge in [0.1, 0.15) is 6.61 Å². The topological polar surface area (TPSA) is 41.6 Å². The molecule has 1 saturated carbocycles. The van der Waals surface area contributed by atoms with Gasteiger partial charge < -0.3 is 15.0 Å². The van der Waals surface area contributed by atoms with E-state index in [-0.39, 0.29) is 23.7 Å². The van der Waals surface area contributed by atoms with Crippen LogP contribution in [-0.4, -0.2) is 49.2 Å². The van der Waals surface area contributed by atoms with Crippen LogP contribution < -0.4 is 5.32 Å². The van der Waals surface area contributed by atoms with Gasteiger partial charge in [-0.2, -0.15) is 0 Å². The van der Waals surface area contributed by atoms with Crippen LogP contribution in [0.2, 0.25) is 0 Å². The van der Waals surface area contributed by atoms with Crippen molar-refractivity contribution in [3.05, 3.63) is 0 Å². The van der Waals surface area contributed by atoms with E-state index in [2.05, 4.69) is 24.3 Å². The Kier molecular flexibility index (Phi) is 5.17. The zero-order valence-electron chi connectivity index (χ0n) is 12.5. The van der Waals surface area contributed by atoms with Crippen LogP contribution in [0.5, 0.6) is 0 Å². The molecule has 0 aromatic heterocycles. The lowest BCUT2D eigenvalue weighted by Crippen LogP contribution is -2.51. The number of ether oxygens (including phenoxy) is 1. The molecule has 0 bridgehead atoms. The average molecular weight is 256 g/mol. The van der Waals surface area contributed by atoms with Gasteiger partial charge in [-0.1, -0.05) is 12.8 Å². The van der Waals surface area contributed by atoms with Crippen molar-refractivity contribution in [2.75, 3.05) is 27.2 Å². The van der Waals surface area contributed by atoms with Crippen LogP contribution >= 0.6 is 0 Å². The monoisotopic (exact) mass is 256 g/mol. The van der Waals surface area contributed by atoms with Crippen LogP contribution in [0.3, 0.4) is 0 Å². The van der Waals surface area contributed by atoms with Gasteiger partial charge in [-0.25, -0.2) is 0 Å². The van der Waals surface area contributed by atoms with Crippen molar-refractivity contribution in [2.45, 2.75) is 57.6 Å². The molecule has 0 radical (unpaired) electrons. The lowest BCUT2D eigenvalue weighted by molar-refractivity contribution is -0.131. The molecule has 0 saturated heterocycles. The van der Waals surface area contributed by atoms with Gasteiger partial charge >= 0.3 is 0 Å². The molecular weight excluding hydrogens is 228 g/mol. The summed E-state index contributed by atoms with van der Waals surface area (Å²) in [6.07, 6.45) is 4.85. The Balaban J connectivity index is 2.37.